The third kappa shape index (κ3) is 4.27. The Kier molecular flexibility index (Phi) is 5.12. The fourth-order valence-corrected chi connectivity index (χ4v) is 2.75. The van der Waals surface area contributed by atoms with Gasteiger partial charge in [0.15, 0.2) is 0 Å². The quantitative estimate of drug-likeness (QED) is 0.496. The van der Waals surface area contributed by atoms with Crippen molar-refractivity contribution in [2.75, 3.05) is 4.90 Å². The van der Waals surface area contributed by atoms with E-state index in [1.54, 1.807) is 24.5 Å². The van der Waals surface area contributed by atoms with Gasteiger partial charge in [-0.25, -0.2) is 4.79 Å². The zero-order valence-corrected chi connectivity index (χ0v) is 14.3. The maximum absolute atomic E-state index is 11.4. The molecule has 0 aliphatic heterocycles. The van der Waals surface area contributed by atoms with Crippen LogP contribution in [0.3, 0.4) is 0 Å². The topological polar surface area (TPSA) is 114 Å². The number of carboxylic acid groups (broad SMARTS) is 1. The fourth-order valence-electron chi connectivity index (χ4n) is 2.75. The van der Waals surface area contributed by atoms with Gasteiger partial charge in [0.1, 0.15) is 22.8 Å². The lowest BCUT2D eigenvalue weighted by Crippen LogP contribution is -2.22. The van der Waals surface area contributed by atoms with E-state index in [-0.39, 0.29) is 29.4 Å². The first kappa shape index (κ1) is 18.1. The van der Waals surface area contributed by atoms with Crippen LogP contribution in [0, 0.1) is 0 Å². The lowest BCUT2D eigenvalue weighted by Gasteiger charge is -2.26. The van der Waals surface area contributed by atoms with Gasteiger partial charge in [0.05, 0.1) is 0 Å². The van der Waals surface area contributed by atoms with Crippen molar-refractivity contribution in [1.29, 1.82) is 0 Å². The van der Waals surface area contributed by atoms with Crippen molar-refractivity contribution in [3.8, 4) is 17.2 Å². The molecule has 0 radical (unpaired) electrons. The summed E-state index contributed by atoms with van der Waals surface area (Å²) in [5.74, 6) is -1.54. The van der Waals surface area contributed by atoms with Gasteiger partial charge < -0.3 is 25.3 Å². The number of phenolic OH excluding ortho intramolecular Hbond substituents is 2. The highest BCUT2D eigenvalue weighted by Crippen LogP contribution is 2.29. The normalized spacial score (nSPS) is 10.5. The van der Waals surface area contributed by atoms with E-state index in [2.05, 4.69) is 4.98 Å². The Morgan fingerprint density at radius 1 is 0.963 bits per heavy atom. The first-order chi connectivity index (χ1) is 12.9. The van der Waals surface area contributed by atoms with Crippen molar-refractivity contribution >= 4 is 11.7 Å². The Bertz CT molecular complexity index is 960. The number of nitrogens with zero attached hydrogens (tertiary/aromatic N) is 2. The summed E-state index contributed by atoms with van der Waals surface area (Å²) >= 11 is 0. The van der Waals surface area contributed by atoms with Crippen molar-refractivity contribution in [2.45, 2.75) is 13.1 Å². The van der Waals surface area contributed by atoms with Crippen molar-refractivity contribution < 1.29 is 25.2 Å². The third-order valence-electron chi connectivity index (χ3n) is 4.10. The molecule has 1 heterocycles. The standard InChI is InChI=1S/C20H18N2O5/c23-16-4-6-18(24)14(8-16)12-22(11-13-2-1-7-21-10-13)15-3-5-19(25)17(9-15)20(26)27/h1-10,23-25H,11-12H2,(H,26,27). The van der Waals surface area contributed by atoms with Gasteiger partial charge in [-0.1, -0.05) is 6.07 Å². The Morgan fingerprint density at radius 2 is 1.74 bits per heavy atom. The monoisotopic (exact) mass is 366 g/mol. The number of rotatable bonds is 6. The summed E-state index contributed by atoms with van der Waals surface area (Å²) in [6.45, 7) is 0.589. The molecule has 0 atom stereocenters. The summed E-state index contributed by atoms with van der Waals surface area (Å²) in [5.41, 5.74) is 1.67. The van der Waals surface area contributed by atoms with Gasteiger partial charge in [0.25, 0.3) is 0 Å². The summed E-state index contributed by atoms with van der Waals surface area (Å²) in [7, 11) is 0. The molecule has 0 saturated carbocycles. The van der Waals surface area contributed by atoms with E-state index in [1.807, 2.05) is 11.0 Å². The average Bonchev–Trinajstić information content (AvgIpc) is 2.65. The van der Waals surface area contributed by atoms with Gasteiger partial charge in [0, 0.05) is 36.7 Å². The van der Waals surface area contributed by atoms with E-state index in [1.165, 1.54) is 30.3 Å². The first-order valence-corrected chi connectivity index (χ1v) is 8.15. The number of hydrogen-bond acceptors (Lipinski definition) is 6. The van der Waals surface area contributed by atoms with E-state index in [0.29, 0.717) is 17.8 Å². The lowest BCUT2D eigenvalue weighted by atomic mass is 10.1. The zero-order chi connectivity index (χ0) is 19.4. The SMILES string of the molecule is O=C(O)c1cc(N(Cc2cccnc2)Cc2cc(O)ccc2O)ccc1O. The molecular formula is C20H18N2O5. The minimum Gasteiger partial charge on any atom is -0.508 e. The molecule has 138 valence electrons. The minimum absolute atomic E-state index is 0.0149. The molecule has 0 spiro atoms. The highest BCUT2D eigenvalue weighted by atomic mass is 16.4. The minimum atomic E-state index is -1.24. The summed E-state index contributed by atoms with van der Waals surface area (Å²) in [5, 5.41) is 38.8. The molecule has 0 unspecified atom stereocenters. The molecule has 0 fully saturated rings. The molecule has 0 bridgehead atoms. The van der Waals surface area contributed by atoms with Crippen LogP contribution in [0.5, 0.6) is 17.2 Å². The van der Waals surface area contributed by atoms with Crippen molar-refractivity contribution in [3.63, 3.8) is 0 Å². The number of benzene rings is 2. The van der Waals surface area contributed by atoms with Crippen LogP contribution < -0.4 is 4.90 Å². The molecule has 0 amide bonds. The zero-order valence-electron chi connectivity index (χ0n) is 14.3. The molecule has 3 rings (SSSR count). The Balaban J connectivity index is 2.00. The van der Waals surface area contributed by atoms with E-state index in [4.69, 9.17) is 0 Å². The van der Waals surface area contributed by atoms with Crippen LogP contribution in [0.2, 0.25) is 0 Å². The van der Waals surface area contributed by atoms with E-state index in [9.17, 15) is 25.2 Å². The Morgan fingerprint density at radius 3 is 2.44 bits per heavy atom. The number of pyridine rings is 1. The smallest absolute Gasteiger partial charge is 0.339 e. The number of carbonyl (C=O) groups is 1. The average molecular weight is 366 g/mol. The van der Waals surface area contributed by atoms with Crippen LogP contribution in [0.1, 0.15) is 21.5 Å². The van der Waals surface area contributed by atoms with Gasteiger partial charge >= 0.3 is 5.97 Å². The van der Waals surface area contributed by atoms with Crippen molar-refractivity contribution in [2.24, 2.45) is 0 Å². The van der Waals surface area contributed by atoms with Gasteiger partial charge in [-0.05, 0) is 48.0 Å². The number of phenols is 3. The number of hydrogen-bond donors (Lipinski definition) is 4. The van der Waals surface area contributed by atoms with Crippen LogP contribution in [-0.4, -0.2) is 31.4 Å². The van der Waals surface area contributed by atoms with Crippen LogP contribution in [0.4, 0.5) is 5.69 Å². The van der Waals surface area contributed by atoms with Crippen molar-refractivity contribution in [1.82, 2.24) is 4.98 Å². The third-order valence-corrected chi connectivity index (χ3v) is 4.10. The molecule has 1 aromatic heterocycles. The highest BCUT2D eigenvalue weighted by Gasteiger charge is 2.16. The molecule has 0 aliphatic carbocycles. The highest BCUT2D eigenvalue weighted by molar-refractivity contribution is 5.92. The first-order valence-electron chi connectivity index (χ1n) is 8.15. The van der Waals surface area contributed by atoms with Crippen LogP contribution in [0.15, 0.2) is 60.9 Å². The molecule has 7 heteroatoms. The molecule has 2 aromatic carbocycles. The fraction of sp³-hybridized carbons (Fsp3) is 0.100. The van der Waals surface area contributed by atoms with Crippen LogP contribution in [0.25, 0.3) is 0 Å². The maximum atomic E-state index is 11.4. The molecule has 0 aliphatic rings. The molecule has 4 N–H and O–H groups in total. The Labute approximate surface area is 155 Å². The van der Waals surface area contributed by atoms with Gasteiger partial charge in [-0.2, -0.15) is 0 Å². The van der Waals surface area contributed by atoms with E-state index >= 15 is 0 Å². The van der Waals surface area contributed by atoms with Crippen LogP contribution in [-0.2, 0) is 13.1 Å². The maximum Gasteiger partial charge on any atom is 0.339 e. The number of aromatic carboxylic acids is 1. The number of carboxylic acids is 1. The number of aromatic nitrogens is 1. The predicted octanol–water partition coefficient (Wildman–Crippen LogP) is 3.10. The van der Waals surface area contributed by atoms with Gasteiger partial charge in [-0.15, -0.1) is 0 Å². The largest absolute Gasteiger partial charge is 0.508 e. The lowest BCUT2D eigenvalue weighted by molar-refractivity contribution is 0.0693. The predicted molar refractivity (Wildman–Crippen MR) is 99.0 cm³/mol. The summed E-state index contributed by atoms with van der Waals surface area (Å²) < 4.78 is 0. The summed E-state index contributed by atoms with van der Waals surface area (Å²) in [4.78, 5) is 17.2. The van der Waals surface area contributed by atoms with Gasteiger partial charge in [-0.3, -0.25) is 4.98 Å². The van der Waals surface area contributed by atoms with Gasteiger partial charge in [0.2, 0.25) is 0 Å². The molecule has 0 saturated heterocycles. The summed E-state index contributed by atoms with van der Waals surface area (Å²) in [6.07, 6.45) is 3.34. The second-order valence-corrected chi connectivity index (χ2v) is 6.04. The molecule has 27 heavy (non-hydrogen) atoms. The number of aromatic hydroxyl groups is 3. The Hall–Kier alpha value is -3.74. The second-order valence-electron chi connectivity index (χ2n) is 6.04. The van der Waals surface area contributed by atoms with Crippen molar-refractivity contribution in [3.05, 3.63) is 77.6 Å². The number of anilines is 1. The van der Waals surface area contributed by atoms with E-state index < -0.39 is 5.97 Å². The van der Waals surface area contributed by atoms with E-state index in [0.717, 1.165) is 5.56 Å². The molecule has 3 aromatic rings. The van der Waals surface area contributed by atoms with Crippen LogP contribution >= 0.6 is 0 Å². The molecular weight excluding hydrogens is 348 g/mol. The summed E-state index contributed by atoms with van der Waals surface area (Å²) in [6, 6.07) is 12.2. The molecule has 7 nitrogen and oxygen atoms in total. The second kappa shape index (κ2) is 7.65.